The fourth-order valence-corrected chi connectivity index (χ4v) is 2.66. The molecule has 0 aromatic heterocycles. The molecule has 2 rings (SSSR count). The number of hydrogen-bond acceptors (Lipinski definition) is 2. The van der Waals surface area contributed by atoms with E-state index in [1.165, 1.54) is 17.7 Å². The zero-order chi connectivity index (χ0) is 16.9. The molecule has 2 nitrogen and oxygen atoms in total. The van der Waals surface area contributed by atoms with Crippen LogP contribution in [0.4, 0.5) is 4.39 Å². The van der Waals surface area contributed by atoms with Crippen LogP contribution in [-0.4, -0.2) is 6.54 Å². The first-order valence-electron chi connectivity index (χ1n) is 8.05. The number of rotatable bonds is 6. The predicted molar refractivity (Wildman–Crippen MR) is 93.0 cm³/mol. The lowest BCUT2D eigenvalue weighted by atomic mass is 9.81. The van der Waals surface area contributed by atoms with E-state index in [1.807, 2.05) is 12.1 Å². The number of nitrogens with two attached hydrogens (primary N) is 1. The van der Waals surface area contributed by atoms with Gasteiger partial charge in [0.2, 0.25) is 0 Å². The molecular formula is C20H26FNO. The maximum atomic E-state index is 12.9. The summed E-state index contributed by atoms with van der Waals surface area (Å²) in [6, 6.07) is 14.5. The van der Waals surface area contributed by atoms with Gasteiger partial charge in [0.1, 0.15) is 18.2 Å². The average Bonchev–Trinajstić information content (AvgIpc) is 2.52. The van der Waals surface area contributed by atoms with Gasteiger partial charge in [0.15, 0.2) is 0 Å². The zero-order valence-corrected chi connectivity index (χ0v) is 14.2. The zero-order valence-electron chi connectivity index (χ0n) is 14.2. The van der Waals surface area contributed by atoms with Gasteiger partial charge in [0.05, 0.1) is 0 Å². The van der Waals surface area contributed by atoms with Crippen LogP contribution >= 0.6 is 0 Å². The van der Waals surface area contributed by atoms with Gasteiger partial charge in [-0.3, -0.25) is 0 Å². The van der Waals surface area contributed by atoms with Gasteiger partial charge in [-0.25, -0.2) is 4.39 Å². The van der Waals surface area contributed by atoms with Crippen molar-refractivity contribution in [3.05, 3.63) is 65.5 Å². The number of halogens is 1. The SMILES string of the molecule is CC(C)(C)CC(CN)c1ccc(OCc2ccc(F)cc2)cc1. The number of hydrogen-bond donors (Lipinski definition) is 1. The molecule has 0 aliphatic carbocycles. The monoisotopic (exact) mass is 315 g/mol. The first-order valence-corrected chi connectivity index (χ1v) is 8.05. The van der Waals surface area contributed by atoms with Crippen molar-refractivity contribution in [1.82, 2.24) is 0 Å². The normalized spacial score (nSPS) is 12.9. The minimum absolute atomic E-state index is 0.232. The van der Waals surface area contributed by atoms with E-state index in [0.29, 0.717) is 19.1 Å². The van der Waals surface area contributed by atoms with E-state index in [0.717, 1.165) is 17.7 Å². The molecule has 0 heterocycles. The van der Waals surface area contributed by atoms with Crippen molar-refractivity contribution < 1.29 is 9.13 Å². The topological polar surface area (TPSA) is 35.2 Å². The fourth-order valence-electron chi connectivity index (χ4n) is 2.66. The second kappa shape index (κ2) is 7.60. The molecule has 0 radical (unpaired) electrons. The summed E-state index contributed by atoms with van der Waals surface area (Å²) in [5, 5.41) is 0. The van der Waals surface area contributed by atoms with Crippen molar-refractivity contribution in [3.8, 4) is 5.75 Å². The summed E-state index contributed by atoms with van der Waals surface area (Å²) >= 11 is 0. The lowest BCUT2D eigenvalue weighted by Crippen LogP contribution is -2.19. The Bertz CT molecular complexity index is 599. The largest absolute Gasteiger partial charge is 0.489 e. The molecule has 0 bridgehead atoms. The van der Waals surface area contributed by atoms with Crippen LogP contribution < -0.4 is 10.5 Å². The Balaban J connectivity index is 1.97. The molecule has 3 heteroatoms. The quantitative estimate of drug-likeness (QED) is 0.824. The summed E-state index contributed by atoms with van der Waals surface area (Å²) in [4.78, 5) is 0. The van der Waals surface area contributed by atoms with Crippen molar-refractivity contribution >= 4 is 0 Å². The predicted octanol–water partition coefficient (Wildman–Crippen LogP) is 4.88. The van der Waals surface area contributed by atoms with Crippen molar-refractivity contribution in [2.75, 3.05) is 6.54 Å². The summed E-state index contributed by atoms with van der Waals surface area (Å²) in [6.45, 7) is 7.77. The second-order valence-corrected chi connectivity index (χ2v) is 7.18. The smallest absolute Gasteiger partial charge is 0.123 e. The maximum absolute atomic E-state index is 12.9. The highest BCUT2D eigenvalue weighted by Gasteiger charge is 2.19. The standard InChI is InChI=1S/C20H26FNO/c1-20(2,3)12-17(13-22)16-6-10-19(11-7-16)23-14-15-4-8-18(21)9-5-15/h4-11,17H,12-14,22H2,1-3H3. The molecule has 0 amide bonds. The van der Waals surface area contributed by atoms with E-state index in [1.54, 1.807) is 12.1 Å². The molecule has 0 spiro atoms. The summed E-state index contributed by atoms with van der Waals surface area (Å²) in [5.41, 5.74) is 8.38. The minimum atomic E-state index is -0.232. The number of ether oxygens (including phenoxy) is 1. The van der Waals surface area contributed by atoms with Gasteiger partial charge in [-0.2, -0.15) is 0 Å². The molecule has 2 aromatic rings. The number of benzene rings is 2. The van der Waals surface area contributed by atoms with Gasteiger partial charge in [-0.05, 0) is 59.7 Å². The van der Waals surface area contributed by atoms with E-state index in [4.69, 9.17) is 10.5 Å². The highest BCUT2D eigenvalue weighted by molar-refractivity contribution is 5.30. The Morgan fingerprint density at radius 2 is 1.61 bits per heavy atom. The van der Waals surface area contributed by atoms with E-state index < -0.39 is 0 Å². The fraction of sp³-hybridized carbons (Fsp3) is 0.400. The summed E-state index contributed by atoms with van der Waals surface area (Å²) in [6.07, 6.45) is 1.05. The molecule has 0 aliphatic rings. The van der Waals surface area contributed by atoms with Crippen molar-refractivity contribution in [2.45, 2.75) is 39.7 Å². The van der Waals surface area contributed by atoms with E-state index >= 15 is 0 Å². The van der Waals surface area contributed by atoms with Crippen molar-refractivity contribution in [2.24, 2.45) is 11.1 Å². The molecule has 124 valence electrons. The first kappa shape index (κ1) is 17.5. The molecular weight excluding hydrogens is 289 g/mol. The maximum Gasteiger partial charge on any atom is 0.123 e. The molecule has 2 N–H and O–H groups in total. The Morgan fingerprint density at radius 1 is 1.00 bits per heavy atom. The molecule has 1 atom stereocenters. The van der Waals surface area contributed by atoms with Gasteiger partial charge in [-0.15, -0.1) is 0 Å². The molecule has 0 saturated carbocycles. The molecule has 1 unspecified atom stereocenters. The minimum Gasteiger partial charge on any atom is -0.489 e. The Morgan fingerprint density at radius 3 is 2.13 bits per heavy atom. The van der Waals surface area contributed by atoms with Crippen LogP contribution in [0, 0.1) is 11.2 Å². The highest BCUT2D eigenvalue weighted by atomic mass is 19.1. The van der Waals surface area contributed by atoms with E-state index in [-0.39, 0.29) is 11.2 Å². The molecule has 23 heavy (non-hydrogen) atoms. The first-order chi connectivity index (χ1) is 10.9. The van der Waals surface area contributed by atoms with Gasteiger partial charge in [-0.1, -0.05) is 45.0 Å². The third-order valence-electron chi connectivity index (χ3n) is 3.81. The van der Waals surface area contributed by atoms with Gasteiger partial charge in [0, 0.05) is 0 Å². The van der Waals surface area contributed by atoms with Gasteiger partial charge in [0.25, 0.3) is 0 Å². The van der Waals surface area contributed by atoms with Gasteiger partial charge < -0.3 is 10.5 Å². The summed E-state index contributed by atoms with van der Waals surface area (Å²) < 4.78 is 18.6. The van der Waals surface area contributed by atoms with Crippen LogP contribution in [0.3, 0.4) is 0 Å². The van der Waals surface area contributed by atoms with Crippen molar-refractivity contribution in [1.29, 1.82) is 0 Å². The second-order valence-electron chi connectivity index (χ2n) is 7.18. The van der Waals surface area contributed by atoms with Crippen molar-refractivity contribution in [3.63, 3.8) is 0 Å². The van der Waals surface area contributed by atoms with Crippen LogP contribution in [0.1, 0.15) is 44.2 Å². The lowest BCUT2D eigenvalue weighted by molar-refractivity contribution is 0.305. The van der Waals surface area contributed by atoms with Crippen LogP contribution in [-0.2, 0) is 6.61 Å². The summed E-state index contributed by atoms with van der Waals surface area (Å²) in [7, 11) is 0. The summed E-state index contributed by atoms with van der Waals surface area (Å²) in [5.74, 6) is 0.940. The van der Waals surface area contributed by atoms with Gasteiger partial charge >= 0.3 is 0 Å². The molecule has 0 saturated heterocycles. The molecule has 2 aromatic carbocycles. The average molecular weight is 315 g/mol. The Hall–Kier alpha value is -1.87. The third kappa shape index (κ3) is 5.68. The van der Waals surface area contributed by atoms with Crippen LogP contribution in [0.5, 0.6) is 5.75 Å². The lowest BCUT2D eigenvalue weighted by Gasteiger charge is -2.25. The highest BCUT2D eigenvalue weighted by Crippen LogP contribution is 2.31. The molecule has 0 aliphatic heterocycles. The van der Waals surface area contributed by atoms with E-state index in [2.05, 4.69) is 32.9 Å². The van der Waals surface area contributed by atoms with Crippen LogP contribution in [0.2, 0.25) is 0 Å². The Kier molecular flexibility index (Phi) is 5.78. The van der Waals surface area contributed by atoms with E-state index in [9.17, 15) is 4.39 Å². The third-order valence-corrected chi connectivity index (χ3v) is 3.81. The van der Waals surface area contributed by atoms with Crippen LogP contribution in [0.15, 0.2) is 48.5 Å². The molecule has 0 fully saturated rings. The Labute approximate surface area is 138 Å². The van der Waals surface area contributed by atoms with Crippen LogP contribution in [0.25, 0.3) is 0 Å².